The van der Waals surface area contributed by atoms with E-state index >= 15 is 0 Å². The molecule has 2 aliphatic rings. The standard InChI is InChI=1S/C24H26O2/c1-2-19-18(12-14-22(19)24-11-6-16-26-24)13-15-23(25)21-10-5-8-17-7-3-4-9-20(17)21/h3-4,6-7,9,11-12,14,16,19,21H,2,5,8,10,13,15H2,1H3. The molecule has 4 rings (SSSR count). The second-order valence-electron chi connectivity index (χ2n) is 7.41. The minimum absolute atomic E-state index is 0.0968. The number of benzene rings is 1. The van der Waals surface area contributed by atoms with E-state index in [1.165, 1.54) is 22.3 Å². The van der Waals surface area contributed by atoms with Gasteiger partial charge in [0.05, 0.1) is 6.26 Å². The summed E-state index contributed by atoms with van der Waals surface area (Å²) >= 11 is 0. The first-order valence-electron chi connectivity index (χ1n) is 9.83. The van der Waals surface area contributed by atoms with Gasteiger partial charge in [-0.1, -0.05) is 48.9 Å². The lowest BCUT2D eigenvalue weighted by Crippen LogP contribution is -2.19. The fourth-order valence-corrected chi connectivity index (χ4v) is 4.60. The Morgan fingerprint density at radius 1 is 1.15 bits per heavy atom. The van der Waals surface area contributed by atoms with E-state index in [4.69, 9.17) is 4.42 Å². The summed E-state index contributed by atoms with van der Waals surface area (Å²) in [7, 11) is 0. The number of carbonyl (C=O) groups excluding carboxylic acids is 1. The van der Waals surface area contributed by atoms with E-state index in [1.54, 1.807) is 6.26 Å². The molecule has 1 heterocycles. The summed E-state index contributed by atoms with van der Waals surface area (Å²) in [4.78, 5) is 13.0. The molecule has 2 heteroatoms. The Morgan fingerprint density at radius 3 is 2.85 bits per heavy atom. The van der Waals surface area contributed by atoms with E-state index in [9.17, 15) is 4.79 Å². The molecule has 2 nitrogen and oxygen atoms in total. The SMILES string of the molecule is CCC1C(CCC(=O)C2CCCc3ccccc32)=CC=C1c1ccco1. The van der Waals surface area contributed by atoms with E-state index in [2.05, 4.69) is 43.3 Å². The van der Waals surface area contributed by atoms with Gasteiger partial charge in [-0.25, -0.2) is 0 Å². The van der Waals surface area contributed by atoms with Gasteiger partial charge in [0, 0.05) is 23.8 Å². The highest BCUT2D eigenvalue weighted by atomic mass is 16.3. The largest absolute Gasteiger partial charge is 0.465 e. The van der Waals surface area contributed by atoms with Crippen LogP contribution in [0.2, 0.25) is 0 Å². The van der Waals surface area contributed by atoms with Crippen LogP contribution >= 0.6 is 0 Å². The second-order valence-corrected chi connectivity index (χ2v) is 7.41. The number of fused-ring (bicyclic) bond motifs is 1. The van der Waals surface area contributed by atoms with Gasteiger partial charge in [0.25, 0.3) is 0 Å². The van der Waals surface area contributed by atoms with Crippen LogP contribution in [0.1, 0.15) is 61.8 Å². The number of furan rings is 1. The van der Waals surface area contributed by atoms with Crippen LogP contribution in [0.4, 0.5) is 0 Å². The van der Waals surface area contributed by atoms with E-state index < -0.39 is 0 Å². The Balaban J connectivity index is 1.41. The second kappa shape index (κ2) is 7.49. The molecule has 0 spiro atoms. The highest BCUT2D eigenvalue weighted by Crippen LogP contribution is 2.40. The number of rotatable bonds is 6. The molecule has 2 aromatic rings. The van der Waals surface area contributed by atoms with E-state index in [-0.39, 0.29) is 5.92 Å². The first-order chi connectivity index (χ1) is 12.8. The number of ketones is 1. The third kappa shape index (κ3) is 3.21. The topological polar surface area (TPSA) is 30.2 Å². The molecule has 0 fully saturated rings. The molecule has 0 saturated carbocycles. The van der Waals surface area contributed by atoms with Crippen molar-refractivity contribution in [2.75, 3.05) is 0 Å². The highest BCUT2D eigenvalue weighted by molar-refractivity contribution is 5.86. The normalized spacial score (nSPS) is 21.9. The van der Waals surface area contributed by atoms with Gasteiger partial charge in [-0.05, 0) is 55.4 Å². The van der Waals surface area contributed by atoms with Gasteiger partial charge in [0.2, 0.25) is 0 Å². The van der Waals surface area contributed by atoms with Gasteiger partial charge in [0.1, 0.15) is 11.5 Å². The van der Waals surface area contributed by atoms with Crippen molar-refractivity contribution in [2.24, 2.45) is 5.92 Å². The van der Waals surface area contributed by atoms with E-state index in [0.717, 1.165) is 37.9 Å². The van der Waals surface area contributed by atoms with Crippen molar-refractivity contribution in [1.29, 1.82) is 0 Å². The Labute approximate surface area is 155 Å². The number of Topliss-reactive ketones (excluding diaryl/α,β-unsaturated/α-hetero) is 1. The Kier molecular flexibility index (Phi) is 4.92. The van der Waals surface area contributed by atoms with Crippen LogP contribution in [0.25, 0.3) is 5.57 Å². The van der Waals surface area contributed by atoms with Gasteiger partial charge in [-0.15, -0.1) is 0 Å². The maximum atomic E-state index is 13.0. The zero-order chi connectivity index (χ0) is 17.9. The molecule has 26 heavy (non-hydrogen) atoms. The average Bonchev–Trinajstić information content (AvgIpc) is 3.34. The summed E-state index contributed by atoms with van der Waals surface area (Å²) in [5.74, 6) is 1.84. The predicted octanol–water partition coefficient (Wildman–Crippen LogP) is 6.10. The molecule has 0 saturated heterocycles. The lowest BCUT2D eigenvalue weighted by atomic mass is 9.79. The van der Waals surface area contributed by atoms with Crippen LogP contribution in [0, 0.1) is 5.92 Å². The van der Waals surface area contributed by atoms with Crippen molar-refractivity contribution in [1.82, 2.24) is 0 Å². The van der Waals surface area contributed by atoms with Crippen LogP contribution in [0.15, 0.2) is 64.8 Å². The van der Waals surface area contributed by atoms with Crippen molar-refractivity contribution in [2.45, 2.75) is 51.4 Å². The Bertz CT molecular complexity index is 839. The number of hydrogen-bond acceptors (Lipinski definition) is 2. The fraction of sp³-hybridized carbons (Fsp3) is 0.375. The summed E-state index contributed by atoms with van der Waals surface area (Å²) < 4.78 is 5.59. The van der Waals surface area contributed by atoms with E-state index in [0.29, 0.717) is 18.1 Å². The minimum atomic E-state index is 0.0968. The summed E-state index contributed by atoms with van der Waals surface area (Å²) in [5.41, 5.74) is 5.26. The van der Waals surface area contributed by atoms with Crippen LogP contribution < -0.4 is 0 Å². The molecule has 0 aliphatic heterocycles. The summed E-state index contributed by atoms with van der Waals surface area (Å²) in [6.07, 6.45) is 11.9. The van der Waals surface area contributed by atoms with Crippen molar-refractivity contribution < 1.29 is 9.21 Å². The quantitative estimate of drug-likeness (QED) is 0.633. The number of allylic oxidation sites excluding steroid dienone is 4. The van der Waals surface area contributed by atoms with Crippen LogP contribution in [0.3, 0.4) is 0 Å². The molecule has 0 radical (unpaired) electrons. The number of carbonyl (C=O) groups is 1. The lowest BCUT2D eigenvalue weighted by molar-refractivity contribution is -0.120. The zero-order valence-corrected chi connectivity index (χ0v) is 15.4. The predicted molar refractivity (Wildman–Crippen MR) is 105 cm³/mol. The molecule has 134 valence electrons. The van der Waals surface area contributed by atoms with Crippen molar-refractivity contribution in [3.05, 3.63) is 77.3 Å². The van der Waals surface area contributed by atoms with Gasteiger partial charge >= 0.3 is 0 Å². The van der Waals surface area contributed by atoms with Crippen molar-refractivity contribution in [3.8, 4) is 0 Å². The number of hydrogen-bond donors (Lipinski definition) is 0. The van der Waals surface area contributed by atoms with Gasteiger partial charge in [-0.3, -0.25) is 4.79 Å². The number of aryl methyl sites for hydroxylation is 1. The van der Waals surface area contributed by atoms with Gasteiger partial charge in [0.15, 0.2) is 0 Å². The lowest BCUT2D eigenvalue weighted by Gasteiger charge is -2.25. The monoisotopic (exact) mass is 346 g/mol. The maximum absolute atomic E-state index is 13.0. The molecule has 2 atom stereocenters. The van der Waals surface area contributed by atoms with Gasteiger partial charge < -0.3 is 4.42 Å². The molecular weight excluding hydrogens is 320 g/mol. The highest BCUT2D eigenvalue weighted by Gasteiger charge is 2.28. The first-order valence-corrected chi connectivity index (χ1v) is 9.83. The minimum Gasteiger partial charge on any atom is -0.465 e. The molecule has 0 bridgehead atoms. The maximum Gasteiger partial charge on any atom is 0.140 e. The summed E-state index contributed by atoms with van der Waals surface area (Å²) in [6, 6.07) is 12.4. The molecule has 1 aromatic heterocycles. The summed E-state index contributed by atoms with van der Waals surface area (Å²) in [6.45, 7) is 2.21. The summed E-state index contributed by atoms with van der Waals surface area (Å²) in [5, 5.41) is 0. The van der Waals surface area contributed by atoms with Crippen LogP contribution in [-0.2, 0) is 11.2 Å². The smallest absolute Gasteiger partial charge is 0.140 e. The van der Waals surface area contributed by atoms with Crippen LogP contribution in [0.5, 0.6) is 0 Å². The third-order valence-electron chi connectivity index (χ3n) is 5.93. The Hall–Kier alpha value is -2.35. The fourth-order valence-electron chi connectivity index (χ4n) is 4.60. The average molecular weight is 346 g/mol. The van der Waals surface area contributed by atoms with Crippen LogP contribution in [-0.4, -0.2) is 5.78 Å². The molecular formula is C24H26O2. The molecule has 2 unspecified atom stereocenters. The van der Waals surface area contributed by atoms with Gasteiger partial charge in [-0.2, -0.15) is 0 Å². The van der Waals surface area contributed by atoms with Crippen molar-refractivity contribution >= 4 is 11.4 Å². The molecule has 1 aromatic carbocycles. The zero-order valence-electron chi connectivity index (χ0n) is 15.4. The van der Waals surface area contributed by atoms with Crippen molar-refractivity contribution in [3.63, 3.8) is 0 Å². The van der Waals surface area contributed by atoms with E-state index in [1.807, 2.05) is 12.1 Å². The molecule has 0 amide bonds. The molecule has 0 N–H and O–H groups in total. The first kappa shape index (κ1) is 17.1. The Morgan fingerprint density at radius 2 is 2.04 bits per heavy atom. The third-order valence-corrected chi connectivity index (χ3v) is 5.93. The molecule has 2 aliphatic carbocycles.